The maximum atomic E-state index is 12.5. The Morgan fingerprint density at radius 3 is 1.61 bits per heavy atom. The van der Waals surface area contributed by atoms with Crippen molar-refractivity contribution in [3.63, 3.8) is 0 Å². The van der Waals surface area contributed by atoms with Crippen LogP contribution in [0.3, 0.4) is 0 Å². The summed E-state index contributed by atoms with van der Waals surface area (Å²) in [5.41, 5.74) is 5.34. The summed E-state index contributed by atoms with van der Waals surface area (Å²) in [6.45, 7) is 3.65. The number of unbranched alkanes of at least 4 members (excludes halogenated alkanes) is 15. The molecule has 10 nitrogen and oxygen atoms in total. The molecule has 0 bridgehead atoms. The second kappa shape index (κ2) is 38.9. The van der Waals surface area contributed by atoms with Gasteiger partial charge in [0.15, 0.2) is 0 Å². The molecule has 0 saturated carbocycles. The van der Waals surface area contributed by atoms with Gasteiger partial charge < -0.3 is 25.2 Å². The van der Waals surface area contributed by atoms with E-state index in [0.717, 1.165) is 44.9 Å². The van der Waals surface area contributed by atoms with Gasteiger partial charge in [-0.25, -0.2) is 4.57 Å². The van der Waals surface area contributed by atoms with E-state index in [4.69, 9.17) is 24.8 Å². The molecule has 312 valence electrons. The van der Waals surface area contributed by atoms with Gasteiger partial charge in [-0.1, -0.05) is 152 Å². The monoisotopic (exact) mass is 782 g/mol. The summed E-state index contributed by atoms with van der Waals surface area (Å²) in [6, 6.07) is -1.49. The van der Waals surface area contributed by atoms with Crippen LogP contribution in [-0.2, 0) is 32.7 Å². The average Bonchev–Trinajstić information content (AvgIpc) is 3.15. The number of allylic oxidation sites excluding steroid dienone is 10. The first-order chi connectivity index (χ1) is 26.2. The molecule has 11 heteroatoms. The lowest BCUT2D eigenvalue weighted by Gasteiger charge is -2.20. The first-order valence-corrected chi connectivity index (χ1v) is 22.3. The van der Waals surface area contributed by atoms with Gasteiger partial charge in [-0.2, -0.15) is 0 Å². The zero-order chi connectivity index (χ0) is 39.8. The van der Waals surface area contributed by atoms with Gasteiger partial charge in [0.2, 0.25) is 0 Å². The number of ether oxygens (including phenoxy) is 2. The van der Waals surface area contributed by atoms with Crippen LogP contribution in [0, 0.1) is 0 Å². The van der Waals surface area contributed by atoms with Crippen molar-refractivity contribution >= 4 is 19.8 Å². The third-order valence-electron chi connectivity index (χ3n) is 8.54. The molecule has 0 aromatic rings. The highest BCUT2D eigenvalue weighted by molar-refractivity contribution is 7.47. The van der Waals surface area contributed by atoms with E-state index in [-0.39, 0.29) is 13.0 Å². The molecule has 4 N–H and O–H groups in total. The van der Waals surface area contributed by atoms with Gasteiger partial charge in [-0.05, 0) is 64.2 Å². The number of esters is 1. The molecule has 0 radical (unpaired) electrons. The van der Waals surface area contributed by atoms with Crippen LogP contribution >= 0.6 is 7.82 Å². The van der Waals surface area contributed by atoms with Crippen LogP contribution in [-0.4, -0.2) is 60.5 Å². The molecular formula is C43H76NO9P. The normalized spacial score (nSPS) is 14.6. The van der Waals surface area contributed by atoms with Crippen LogP contribution in [0.4, 0.5) is 0 Å². The first kappa shape index (κ1) is 51.7. The molecule has 0 spiro atoms. The Kier molecular flexibility index (Phi) is 37.2. The zero-order valence-corrected chi connectivity index (χ0v) is 34.7. The molecule has 0 heterocycles. The van der Waals surface area contributed by atoms with Crippen LogP contribution in [0.15, 0.2) is 60.8 Å². The number of carboxylic acid groups (broad SMARTS) is 1. The third kappa shape index (κ3) is 38.0. The van der Waals surface area contributed by atoms with Crippen LogP contribution in [0.25, 0.3) is 0 Å². The fraction of sp³-hybridized carbons (Fsp3) is 0.721. The minimum atomic E-state index is -4.63. The summed E-state index contributed by atoms with van der Waals surface area (Å²) in [5, 5.41) is 8.88. The molecule has 0 saturated heterocycles. The van der Waals surface area contributed by atoms with Crippen LogP contribution < -0.4 is 5.73 Å². The number of carbonyl (C=O) groups is 2. The maximum absolute atomic E-state index is 12.5. The quantitative estimate of drug-likeness (QED) is 0.0237. The van der Waals surface area contributed by atoms with Crippen LogP contribution in [0.2, 0.25) is 0 Å². The molecule has 0 aromatic heterocycles. The topological polar surface area (TPSA) is 155 Å². The lowest BCUT2D eigenvalue weighted by molar-refractivity contribution is -0.154. The van der Waals surface area contributed by atoms with Crippen LogP contribution in [0.5, 0.6) is 0 Å². The van der Waals surface area contributed by atoms with E-state index in [1.165, 1.54) is 89.9 Å². The molecule has 0 amide bonds. The van der Waals surface area contributed by atoms with Gasteiger partial charge in [0.05, 0.1) is 19.8 Å². The van der Waals surface area contributed by atoms with Gasteiger partial charge in [0.25, 0.3) is 0 Å². The van der Waals surface area contributed by atoms with Crippen molar-refractivity contribution in [2.45, 2.75) is 174 Å². The number of nitrogens with two attached hydrogens (primary N) is 1. The average molecular weight is 782 g/mol. The Morgan fingerprint density at radius 1 is 0.611 bits per heavy atom. The smallest absolute Gasteiger partial charge is 0.472 e. The van der Waals surface area contributed by atoms with Gasteiger partial charge in [0.1, 0.15) is 12.1 Å². The number of phosphoric acid groups is 1. The Labute approximate surface area is 328 Å². The van der Waals surface area contributed by atoms with Gasteiger partial charge in [0, 0.05) is 13.0 Å². The highest BCUT2D eigenvalue weighted by Gasteiger charge is 2.27. The number of rotatable bonds is 39. The molecule has 54 heavy (non-hydrogen) atoms. The second-order valence-electron chi connectivity index (χ2n) is 13.7. The highest BCUT2D eigenvalue weighted by Crippen LogP contribution is 2.43. The number of carboxylic acids is 1. The third-order valence-corrected chi connectivity index (χ3v) is 9.50. The predicted octanol–water partition coefficient (Wildman–Crippen LogP) is 11.3. The van der Waals surface area contributed by atoms with Gasteiger partial charge in [-0.15, -0.1) is 0 Å². The largest absolute Gasteiger partial charge is 0.480 e. The van der Waals surface area contributed by atoms with Crippen molar-refractivity contribution in [2.24, 2.45) is 5.73 Å². The summed E-state index contributed by atoms with van der Waals surface area (Å²) in [7, 11) is -4.63. The lowest BCUT2D eigenvalue weighted by atomic mass is 10.1. The Balaban J connectivity index is 4.31. The van der Waals surface area contributed by atoms with E-state index in [1.807, 2.05) is 12.2 Å². The number of carbonyl (C=O) groups excluding carboxylic acids is 1. The zero-order valence-electron chi connectivity index (χ0n) is 33.8. The Bertz CT molecular complexity index is 1090. The molecule has 0 aliphatic heterocycles. The van der Waals surface area contributed by atoms with Crippen molar-refractivity contribution in [3.8, 4) is 0 Å². The fourth-order valence-corrected chi connectivity index (χ4v) is 6.10. The summed E-state index contributed by atoms with van der Waals surface area (Å²) in [4.78, 5) is 33.4. The van der Waals surface area contributed by atoms with Crippen molar-refractivity contribution in [1.82, 2.24) is 0 Å². The van der Waals surface area contributed by atoms with Gasteiger partial charge >= 0.3 is 19.8 Å². The molecule has 3 unspecified atom stereocenters. The molecule has 0 rings (SSSR count). The minimum absolute atomic E-state index is 0.0160. The SMILES string of the molecule is CC/C=C\C/C=C\C/C=C\C/C=C\CCC(=O)OC(COCCCCCCCCCC/C=C\CCCCCCCCC)COP(=O)(O)OCC(N)C(=O)O. The Morgan fingerprint density at radius 2 is 1.07 bits per heavy atom. The second-order valence-corrected chi connectivity index (χ2v) is 15.2. The summed E-state index contributed by atoms with van der Waals surface area (Å²) < 4.78 is 33.2. The number of hydrogen-bond donors (Lipinski definition) is 3. The van der Waals surface area contributed by atoms with E-state index in [9.17, 15) is 19.0 Å². The van der Waals surface area contributed by atoms with Gasteiger partial charge in [-0.3, -0.25) is 18.6 Å². The van der Waals surface area contributed by atoms with E-state index >= 15 is 0 Å². The summed E-state index contributed by atoms with van der Waals surface area (Å²) >= 11 is 0. The van der Waals surface area contributed by atoms with E-state index in [2.05, 4.69) is 67.0 Å². The minimum Gasteiger partial charge on any atom is -0.480 e. The van der Waals surface area contributed by atoms with Crippen molar-refractivity contribution in [1.29, 1.82) is 0 Å². The van der Waals surface area contributed by atoms with Crippen molar-refractivity contribution < 1.29 is 42.7 Å². The first-order valence-electron chi connectivity index (χ1n) is 20.8. The van der Waals surface area contributed by atoms with E-state index < -0.39 is 45.1 Å². The number of aliphatic carboxylic acids is 1. The number of phosphoric ester groups is 1. The lowest BCUT2D eigenvalue weighted by Crippen LogP contribution is -2.34. The van der Waals surface area contributed by atoms with E-state index in [1.54, 1.807) is 0 Å². The predicted molar refractivity (Wildman–Crippen MR) is 221 cm³/mol. The molecule has 0 aliphatic rings. The van der Waals surface area contributed by atoms with Crippen LogP contribution in [0.1, 0.15) is 162 Å². The molecule has 0 aliphatic carbocycles. The van der Waals surface area contributed by atoms with E-state index in [0.29, 0.717) is 13.0 Å². The fourth-order valence-electron chi connectivity index (χ4n) is 5.32. The summed E-state index contributed by atoms with van der Waals surface area (Å²) in [6.07, 6.45) is 45.8. The summed E-state index contributed by atoms with van der Waals surface area (Å²) in [5.74, 6) is -1.87. The standard InChI is InChI=1S/C43H76NO9P/c1-3-5-7-9-11-13-15-17-18-19-20-21-22-24-26-28-30-32-34-36-50-37-40(38-51-54(48,49)52-39-41(44)43(46)47)53-42(45)35-33-31-29-27-25-23-16-14-12-10-8-6-4-2/h6,8,12,14,18-19,23,25,29,31,40-41H,3-5,7,9-11,13,15-17,20-22,24,26-28,30,32-39,44H2,1-2H3,(H,46,47)(H,48,49)/b8-6-,14-12-,19-18-,25-23-,31-29-. The molecule has 0 fully saturated rings. The van der Waals surface area contributed by atoms with Crippen molar-refractivity contribution in [2.75, 3.05) is 26.4 Å². The Hall–Kier alpha value is -2.33. The number of hydrogen-bond acceptors (Lipinski definition) is 8. The highest BCUT2D eigenvalue weighted by atomic mass is 31.2. The van der Waals surface area contributed by atoms with Crippen molar-refractivity contribution in [3.05, 3.63) is 60.8 Å². The molecule has 3 atom stereocenters. The maximum Gasteiger partial charge on any atom is 0.472 e. The molecular weight excluding hydrogens is 705 g/mol. The molecule has 0 aromatic carbocycles.